The topological polar surface area (TPSA) is 38.2 Å². The van der Waals surface area contributed by atoms with E-state index in [0.29, 0.717) is 0 Å². The average Bonchev–Trinajstić information content (AvgIpc) is 3.23. The molecule has 5 nitrogen and oxygen atoms in total. The second-order valence-electron chi connectivity index (χ2n) is 7.31. The van der Waals surface area contributed by atoms with Crippen molar-refractivity contribution in [3.8, 4) is 11.5 Å². The number of hydrogen-bond acceptors (Lipinski definition) is 4. The highest BCUT2D eigenvalue weighted by Crippen LogP contribution is 2.42. The van der Waals surface area contributed by atoms with Crippen molar-refractivity contribution >= 4 is 28.7 Å². The van der Waals surface area contributed by atoms with Gasteiger partial charge in [0.15, 0.2) is 16.6 Å². The summed E-state index contributed by atoms with van der Waals surface area (Å²) in [6.07, 6.45) is 2.03. The number of ether oxygens (including phenoxy) is 2. The second kappa shape index (κ2) is 9.58. The van der Waals surface area contributed by atoms with Gasteiger partial charge in [-0.3, -0.25) is 0 Å². The Balaban J connectivity index is 1.87. The quantitative estimate of drug-likeness (QED) is 0.530. The van der Waals surface area contributed by atoms with E-state index >= 15 is 0 Å². The first-order valence-corrected chi connectivity index (χ1v) is 11.0. The zero-order valence-corrected chi connectivity index (χ0v) is 18.7. The summed E-state index contributed by atoms with van der Waals surface area (Å²) in [6.45, 7) is 2.91. The average molecular weight is 421 g/mol. The molecule has 0 radical (unpaired) electrons. The van der Waals surface area contributed by atoms with Crippen molar-refractivity contribution < 1.29 is 14.4 Å². The first-order valence-electron chi connectivity index (χ1n) is 9.66. The minimum Gasteiger partial charge on any atom is -0.493 e. The smallest absolute Gasteiger partial charge is 0.169 e. The van der Waals surface area contributed by atoms with Crippen molar-refractivity contribution in [1.29, 1.82) is 0 Å². The van der Waals surface area contributed by atoms with Gasteiger partial charge in [0.05, 0.1) is 40.9 Å². The molecule has 0 aliphatic carbocycles. The number of thiocarbonyl (C=S) groups is 1. The Morgan fingerprint density at radius 1 is 1.29 bits per heavy atom. The van der Waals surface area contributed by atoms with Crippen LogP contribution >= 0.6 is 23.6 Å². The summed E-state index contributed by atoms with van der Waals surface area (Å²) in [4.78, 5) is 5.06. The summed E-state index contributed by atoms with van der Waals surface area (Å²) in [7, 11) is 7.72. The van der Waals surface area contributed by atoms with Crippen LogP contribution in [0, 0.1) is 0 Å². The number of nitrogens with zero attached hydrogens (tertiary/aromatic N) is 1. The van der Waals surface area contributed by atoms with Crippen LogP contribution in [0.5, 0.6) is 11.5 Å². The van der Waals surface area contributed by atoms with E-state index in [-0.39, 0.29) is 6.04 Å². The second-order valence-corrected chi connectivity index (χ2v) is 8.68. The van der Waals surface area contributed by atoms with Gasteiger partial charge in [0.1, 0.15) is 0 Å². The van der Waals surface area contributed by atoms with E-state index in [1.54, 1.807) is 25.6 Å². The van der Waals surface area contributed by atoms with Crippen molar-refractivity contribution in [2.24, 2.45) is 0 Å². The molecule has 0 unspecified atom stereocenters. The maximum atomic E-state index is 5.80. The Kier molecular flexibility index (Phi) is 7.15. The van der Waals surface area contributed by atoms with Crippen molar-refractivity contribution in [3.05, 3.63) is 45.6 Å². The summed E-state index contributed by atoms with van der Waals surface area (Å²) >= 11 is 7.57. The molecular formula is C21H30N3O2S2+. The number of nitrogens with one attached hydrogen (secondary N) is 2. The molecule has 3 rings (SSSR count). The molecule has 7 heteroatoms. The fourth-order valence-corrected chi connectivity index (χ4v) is 4.81. The zero-order chi connectivity index (χ0) is 20.1. The summed E-state index contributed by atoms with van der Waals surface area (Å²) in [6, 6.07) is 8.61. The van der Waals surface area contributed by atoms with Gasteiger partial charge in [0, 0.05) is 24.4 Å². The standard InChI is InChI=1S/C21H29N3O2S2/c1-23(2)10-6-9-22-21(27)24-11-8-15-13-17(25-3)18(26-4)14-16(15)20(24)19-7-5-12-28-19/h5,7,12-14,20H,6,8-11H2,1-4H3,(H,22,27)/p+1/t20-/m0/s1. The molecule has 0 saturated heterocycles. The van der Waals surface area contributed by atoms with Crippen molar-refractivity contribution in [1.82, 2.24) is 10.2 Å². The highest BCUT2D eigenvalue weighted by Gasteiger charge is 2.32. The van der Waals surface area contributed by atoms with Gasteiger partial charge in [0.2, 0.25) is 0 Å². The fourth-order valence-electron chi connectivity index (χ4n) is 3.66. The molecule has 1 aromatic carbocycles. The summed E-state index contributed by atoms with van der Waals surface area (Å²) in [5.74, 6) is 1.55. The Labute approximate surface area is 177 Å². The number of benzene rings is 1. The van der Waals surface area contributed by atoms with E-state index in [1.807, 2.05) is 0 Å². The maximum absolute atomic E-state index is 5.80. The largest absolute Gasteiger partial charge is 0.493 e. The first-order chi connectivity index (χ1) is 13.5. The lowest BCUT2D eigenvalue weighted by atomic mass is 9.91. The van der Waals surface area contributed by atoms with Gasteiger partial charge in [-0.15, -0.1) is 11.3 Å². The maximum Gasteiger partial charge on any atom is 0.169 e. The van der Waals surface area contributed by atoms with Crippen LogP contribution < -0.4 is 19.7 Å². The Bertz CT molecular complexity index is 793. The normalized spacial score (nSPS) is 16.0. The summed E-state index contributed by atoms with van der Waals surface area (Å²) in [5.41, 5.74) is 2.54. The molecule has 0 spiro atoms. The van der Waals surface area contributed by atoms with E-state index in [4.69, 9.17) is 21.7 Å². The zero-order valence-electron chi connectivity index (χ0n) is 17.1. The molecule has 2 aromatic rings. The Morgan fingerprint density at radius 3 is 2.68 bits per heavy atom. The van der Waals surface area contributed by atoms with Gasteiger partial charge in [-0.1, -0.05) is 6.07 Å². The van der Waals surface area contributed by atoms with Crippen LogP contribution in [-0.4, -0.2) is 58.0 Å². The van der Waals surface area contributed by atoms with Gasteiger partial charge in [-0.05, 0) is 53.3 Å². The molecule has 1 aromatic heterocycles. The minimum atomic E-state index is 0.100. The molecule has 0 bridgehead atoms. The van der Waals surface area contributed by atoms with Gasteiger partial charge < -0.3 is 24.6 Å². The van der Waals surface area contributed by atoms with Gasteiger partial charge in [-0.2, -0.15) is 0 Å². The molecule has 152 valence electrons. The summed E-state index contributed by atoms with van der Waals surface area (Å²) in [5, 5.41) is 6.42. The third-order valence-corrected chi connectivity index (χ3v) is 6.38. The van der Waals surface area contributed by atoms with Crippen LogP contribution in [0.3, 0.4) is 0 Å². The van der Waals surface area contributed by atoms with Gasteiger partial charge in [0.25, 0.3) is 0 Å². The molecular weight excluding hydrogens is 390 g/mol. The number of methoxy groups -OCH3 is 2. The molecule has 2 heterocycles. The molecule has 1 aliphatic heterocycles. The monoisotopic (exact) mass is 420 g/mol. The van der Waals surface area contributed by atoms with Crippen molar-refractivity contribution in [2.75, 3.05) is 47.9 Å². The van der Waals surface area contributed by atoms with Crippen LogP contribution in [-0.2, 0) is 6.42 Å². The van der Waals surface area contributed by atoms with Crippen LogP contribution in [0.2, 0.25) is 0 Å². The Hall–Kier alpha value is -1.83. The lowest BCUT2D eigenvalue weighted by Gasteiger charge is -2.39. The van der Waals surface area contributed by atoms with E-state index in [9.17, 15) is 0 Å². The molecule has 0 saturated carbocycles. The van der Waals surface area contributed by atoms with Crippen LogP contribution in [0.4, 0.5) is 0 Å². The number of quaternary nitrogens is 1. The van der Waals surface area contributed by atoms with Crippen LogP contribution in [0.1, 0.15) is 28.5 Å². The predicted molar refractivity (Wildman–Crippen MR) is 119 cm³/mol. The number of rotatable bonds is 7. The molecule has 1 atom stereocenters. The van der Waals surface area contributed by atoms with Crippen LogP contribution in [0.15, 0.2) is 29.6 Å². The molecule has 28 heavy (non-hydrogen) atoms. The SMILES string of the molecule is COc1cc2c(cc1OC)[C@@H](c1cccs1)N(C(=S)NCCC[NH+](C)C)CC2. The minimum absolute atomic E-state index is 0.100. The van der Waals surface area contributed by atoms with Crippen LogP contribution in [0.25, 0.3) is 0 Å². The lowest BCUT2D eigenvalue weighted by Crippen LogP contribution is -3.05. The summed E-state index contributed by atoms with van der Waals surface area (Å²) < 4.78 is 11.1. The third-order valence-electron chi connectivity index (χ3n) is 5.08. The number of thiophene rings is 1. The van der Waals surface area contributed by atoms with E-state index < -0.39 is 0 Å². The third kappa shape index (κ3) is 4.59. The molecule has 0 fully saturated rings. The van der Waals surface area contributed by atoms with Crippen molar-refractivity contribution in [2.45, 2.75) is 18.9 Å². The molecule has 2 N–H and O–H groups in total. The lowest BCUT2D eigenvalue weighted by molar-refractivity contribution is -0.858. The van der Waals surface area contributed by atoms with Gasteiger partial charge >= 0.3 is 0 Å². The number of hydrogen-bond donors (Lipinski definition) is 2. The predicted octanol–water partition coefficient (Wildman–Crippen LogP) is 2.12. The Morgan fingerprint density at radius 2 is 2.04 bits per heavy atom. The fraction of sp³-hybridized carbons (Fsp3) is 0.476. The highest BCUT2D eigenvalue weighted by molar-refractivity contribution is 7.80. The molecule has 1 aliphatic rings. The highest BCUT2D eigenvalue weighted by atomic mass is 32.1. The first kappa shape index (κ1) is 20.9. The van der Waals surface area contributed by atoms with E-state index in [2.05, 4.69) is 54.0 Å². The molecule has 0 amide bonds. The van der Waals surface area contributed by atoms with E-state index in [0.717, 1.165) is 49.1 Å². The van der Waals surface area contributed by atoms with Crippen molar-refractivity contribution in [3.63, 3.8) is 0 Å². The van der Waals surface area contributed by atoms with E-state index in [1.165, 1.54) is 20.9 Å². The van der Waals surface area contributed by atoms with Gasteiger partial charge in [-0.25, -0.2) is 0 Å². The number of fused-ring (bicyclic) bond motifs is 1.